The molecule has 1 aromatic heterocycles. The molecule has 0 fully saturated rings. The molecule has 7 heteroatoms. The van der Waals surface area contributed by atoms with Gasteiger partial charge in [0.15, 0.2) is 5.58 Å². The summed E-state index contributed by atoms with van der Waals surface area (Å²) in [6.07, 6.45) is -4.76. The van der Waals surface area contributed by atoms with Gasteiger partial charge < -0.3 is 19.0 Å². The van der Waals surface area contributed by atoms with E-state index in [0.717, 1.165) is 50.4 Å². The summed E-state index contributed by atoms with van der Waals surface area (Å²) in [7, 11) is 0. The molecule has 0 saturated heterocycles. The highest BCUT2D eigenvalue weighted by molar-refractivity contribution is 6.10. The monoisotopic (exact) mass is 586 g/mol. The molecule has 0 amide bonds. The standard InChI is InChI=1S/C37H25F3N2O2/c38-37(39,40)44-31-24-22-29(23-25-31)41(26-10-3-1-4-11-26)28-18-20-30(21-19-28)42(27-12-5-2-6-13-27)34-16-9-15-33-32-14-7-8-17-35(32)43-36(33)34/h1-25H. The third-order valence-electron chi connectivity index (χ3n) is 7.35. The number of nitrogens with zero attached hydrogens (tertiary/aromatic N) is 2. The van der Waals surface area contributed by atoms with E-state index in [2.05, 4.69) is 33.9 Å². The average Bonchev–Trinajstić information content (AvgIpc) is 3.43. The van der Waals surface area contributed by atoms with Crippen LogP contribution in [-0.2, 0) is 0 Å². The van der Waals surface area contributed by atoms with Crippen molar-refractivity contribution in [2.45, 2.75) is 6.36 Å². The molecule has 44 heavy (non-hydrogen) atoms. The zero-order valence-corrected chi connectivity index (χ0v) is 23.3. The summed E-state index contributed by atoms with van der Waals surface area (Å²) in [5, 5.41) is 2.08. The van der Waals surface area contributed by atoms with Crippen molar-refractivity contribution in [3.63, 3.8) is 0 Å². The minimum absolute atomic E-state index is 0.275. The molecule has 0 aliphatic rings. The second-order valence-corrected chi connectivity index (χ2v) is 10.2. The first-order valence-electron chi connectivity index (χ1n) is 14.0. The van der Waals surface area contributed by atoms with Gasteiger partial charge in [-0.15, -0.1) is 13.2 Å². The summed E-state index contributed by atoms with van der Waals surface area (Å²) in [6, 6.07) is 47.8. The molecular weight excluding hydrogens is 561 g/mol. The first kappa shape index (κ1) is 27.2. The topological polar surface area (TPSA) is 28.9 Å². The molecule has 7 aromatic rings. The highest BCUT2D eigenvalue weighted by Crippen LogP contribution is 2.43. The number of halogens is 3. The van der Waals surface area contributed by atoms with Crippen LogP contribution in [0.4, 0.5) is 47.3 Å². The molecule has 0 aliphatic carbocycles. The number of anilines is 6. The highest BCUT2D eigenvalue weighted by Gasteiger charge is 2.31. The van der Waals surface area contributed by atoms with Crippen molar-refractivity contribution in [3.8, 4) is 5.75 Å². The summed E-state index contributed by atoms with van der Waals surface area (Å²) in [6.45, 7) is 0. The molecular formula is C37H25F3N2O2. The van der Waals surface area contributed by atoms with Crippen molar-refractivity contribution < 1.29 is 22.3 Å². The smallest absolute Gasteiger partial charge is 0.454 e. The van der Waals surface area contributed by atoms with Crippen LogP contribution >= 0.6 is 0 Å². The predicted octanol–water partition coefficient (Wildman–Crippen LogP) is 11.4. The number of ether oxygens (including phenoxy) is 1. The molecule has 4 nitrogen and oxygen atoms in total. The number of fused-ring (bicyclic) bond motifs is 3. The summed E-state index contributed by atoms with van der Waals surface area (Å²) in [4.78, 5) is 4.14. The number of hydrogen-bond acceptors (Lipinski definition) is 4. The van der Waals surface area contributed by atoms with Gasteiger partial charge in [-0.1, -0.05) is 66.7 Å². The average molecular weight is 587 g/mol. The Morgan fingerprint density at radius 3 is 1.55 bits per heavy atom. The Morgan fingerprint density at radius 1 is 0.455 bits per heavy atom. The van der Waals surface area contributed by atoms with E-state index in [0.29, 0.717) is 5.69 Å². The van der Waals surface area contributed by atoms with Gasteiger partial charge in [0.25, 0.3) is 0 Å². The van der Waals surface area contributed by atoms with Crippen molar-refractivity contribution in [3.05, 3.63) is 152 Å². The highest BCUT2D eigenvalue weighted by atomic mass is 19.4. The lowest BCUT2D eigenvalue weighted by Crippen LogP contribution is -2.17. The molecule has 0 atom stereocenters. The molecule has 216 valence electrons. The first-order chi connectivity index (χ1) is 21.4. The number of hydrogen-bond donors (Lipinski definition) is 0. The quantitative estimate of drug-likeness (QED) is 0.186. The number of benzene rings is 6. The van der Waals surface area contributed by atoms with E-state index < -0.39 is 6.36 Å². The van der Waals surface area contributed by atoms with Gasteiger partial charge in [0.05, 0.1) is 5.69 Å². The van der Waals surface area contributed by atoms with Crippen LogP contribution in [0, 0.1) is 0 Å². The normalized spacial score (nSPS) is 11.5. The Bertz CT molecular complexity index is 2020. The van der Waals surface area contributed by atoms with Crippen LogP contribution in [0.5, 0.6) is 5.75 Å². The van der Waals surface area contributed by atoms with Crippen molar-refractivity contribution >= 4 is 56.1 Å². The predicted molar refractivity (Wildman–Crippen MR) is 170 cm³/mol. The Kier molecular flexibility index (Phi) is 6.91. The number of furan rings is 1. The van der Waals surface area contributed by atoms with E-state index in [1.165, 1.54) is 12.1 Å². The van der Waals surface area contributed by atoms with Gasteiger partial charge in [0, 0.05) is 39.2 Å². The van der Waals surface area contributed by atoms with Gasteiger partial charge in [-0.3, -0.25) is 0 Å². The minimum Gasteiger partial charge on any atom is -0.454 e. The van der Waals surface area contributed by atoms with E-state index in [-0.39, 0.29) is 5.75 Å². The molecule has 0 unspecified atom stereocenters. The Labute approximate surface area is 251 Å². The maximum atomic E-state index is 12.8. The molecule has 0 radical (unpaired) electrons. The summed E-state index contributed by atoms with van der Waals surface area (Å²) < 4.78 is 48.8. The summed E-state index contributed by atoms with van der Waals surface area (Å²) in [5.41, 5.74) is 6.76. The largest absolute Gasteiger partial charge is 0.573 e. The number of para-hydroxylation sites is 4. The third-order valence-corrected chi connectivity index (χ3v) is 7.35. The second kappa shape index (κ2) is 11.2. The van der Waals surface area contributed by atoms with Gasteiger partial charge in [-0.05, 0) is 84.9 Å². The maximum absolute atomic E-state index is 12.8. The second-order valence-electron chi connectivity index (χ2n) is 10.2. The van der Waals surface area contributed by atoms with Gasteiger partial charge in [0.2, 0.25) is 0 Å². The molecule has 0 N–H and O–H groups in total. The number of rotatable bonds is 7. The van der Waals surface area contributed by atoms with Crippen LogP contribution in [0.15, 0.2) is 156 Å². The van der Waals surface area contributed by atoms with Gasteiger partial charge >= 0.3 is 6.36 Å². The molecule has 1 heterocycles. The van der Waals surface area contributed by atoms with Crippen LogP contribution < -0.4 is 14.5 Å². The molecule has 6 aromatic carbocycles. The molecule has 0 saturated carbocycles. The molecule has 0 spiro atoms. The van der Waals surface area contributed by atoms with E-state index in [1.54, 1.807) is 12.1 Å². The minimum atomic E-state index is -4.76. The maximum Gasteiger partial charge on any atom is 0.573 e. The lowest BCUT2D eigenvalue weighted by Gasteiger charge is -2.28. The van der Waals surface area contributed by atoms with Gasteiger partial charge in [0.1, 0.15) is 11.3 Å². The zero-order chi connectivity index (χ0) is 30.1. The first-order valence-corrected chi connectivity index (χ1v) is 14.0. The molecule has 7 rings (SSSR count). The fourth-order valence-corrected chi connectivity index (χ4v) is 5.48. The number of alkyl halides is 3. The van der Waals surface area contributed by atoms with Crippen molar-refractivity contribution in [2.75, 3.05) is 9.80 Å². The van der Waals surface area contributed by atoms with E-state index in [4.69, 9.17) is 4.42 Å². The fraction of sp³-hybridized carbons (Fsp3) is 0.0270. The van der Waals surface area contributed by atoms with Gasteiger partial charge in [-0.2, -0.15) is 0 Å². The Balaban J connectivity index is 1.32. The fourth-order valence-electron chi connectivity index (χ4n) is 5.48. The summed E-state index contributed by atoms with van der Waals surface area (Å²) in [5.74, 6) is -0.275. The summed E-state index contributed by atoms with van der Waals surface area (Å²) >= 11 is 0. The molecule has 0 bridgehead atoms. The van der Waals surface area contributed by atoms with Crippen LogP contribution in [0.3, 0.4) is 0 Å². The lowest BCUT2D eigenvalue weighted by molar-refractivity contribution is -0.274. The third kappa shape index (κ3) is 5.31. The van der Waals surface area contributed by atoms with E-state index in [1.807, 2.05) is 108 Å². The van der Waals surface area contributed by atoms with E-state index in [9.17, 15) is 13.2 Å². The van der Waals surface area contributed by atoms with Crippen molar-refractivity contribution in [1.29, 1.82) is 0 Å². The SMILES string of the molecule is FC(F)(F)Oc1ccc(N(c2ccccc2)c2ccc(N(c3ccccc3)c3cccc4c3oc3ccccc34)cc2)cc1. The molecule has 0 aliphatic heterocycles. The van der Waals surface area contributed by atoms with Crippen LogP contribution in [0.25, 0.3) is 21.9 Å². The van der Waals surface area contributed by atoms with Gasteiger partial charge in [-0.25, -0.2) is 0 Å². The van der Waals surface area contributed by atoms with E-state index >= 15 is 0 Å². The van der Waals surface area contributed by atoms with Crippen LogP contribution in [0.2, 0.25) is 0 Å². The Morgan fingerprint density at radius 2 is 0.932 bits per heavy atom. The van der Waals surface area contributed by atoms with Crippen molar-refractivity contribution in [2.24, 2.45) is 0 Å². The van der Waals surface area contributed by atoms with Crippen LogP contribution in [-0.4, -0.2) is 6.36 Å². The zero-order valence-electron chi connectivity index (χ0n) is 23.3. The lowest BCUT2D eigenvalue weighted by atomic mass is 10.1. The Hall–Kier alpha value is -5.69. The van der Waals surface area contributed by atoms with Crippen LogP contribution in [0.1, 0.15) is 0 Å². The van der Waals surface area contributed by atoms with Crippen molar-refractivity contribution in [1.82, 2.24) is 0 Å².